The fourth-order valence-corrected chi connectivity index (χ4v) is 4.83. The Bertz CT molecular complexity index is 947. The maximum atomic E-state index is 12.8. The van der Waals surface area contributed by atoms with E-state index in [1.807, 2.05) is 32.0 Å². The maximum absolute atomic E-state index is 12.8. The van der Waals surface area contributed by atoms with E-state index >= 15 is 0 Å². The second-order valence-electron chi connectivity index (χ2n) is 7.16. The molecule has 0 saturated carbocycles. The minimum absolute atomic E-state index is 0.0461. The largest absolute Gasteiger partial charge is 0.497 e. The van der Waals surface area contributed by atoms with Gasteiger partial charge in [-0.3, -0.25) is 4.79 Å². The molecule has 1 saturated heterocycles. The molecule has 0 aromatic heterocycles. The van der Waals surface area contributed by atoms with Crippen molar-refractivity contribution in [3.63, 3.8) is 0 Å². The van der Waals surface area contributed by atoms with Crippen LogP contribution in [0.25, 0.3) is 0 Å². The van der Waals surface area contributed by atoms with Gasteiger partial charge in [-0.05, 0) is 68.1 Å². The van der Waals surface area contributed by atoms with Crippen LogP contribution in [0.5, 0.6) is 5.75 Å². The van der Waals surface area contributed by atoms with Crippen LogP contribution in [-0.4, -0.2) is 38.8 Å². The van der Waals surface area contributed by atoms with E-state index in [-0.39, 0.29) is 16.7 Å². The van der Waals surface area contributed by atoms with E-state index < -0.39 is 10.0 Å². The minimum atomic E-state index is -3.56. The molecule has 2 aromatic carbocycles. The van der Waals surface area contributed by atoms with Crippen molar-refractivity contribution in [3.05, 3.63) is 53.6 Å². The Hall–Kier alpha value is -2.38. The predicted molar refractivity (Wildman–Crippen MR) is 109 cm³/mol. The van der Waals surface area contributed by atoms with E-state index in [0.717, 1.165) is 16.8 Å². The quantitative estimate of drug-likeness (QED) is 0.832. The normalized spacial score (nSPS) is 16.0. The fraction of sp³-hybridized carbons (Fsp3) is 0.381. The van der Waals surface area contributed by atoms with E-state index in [4.69, 9.17) is 4.74 Å². The molecular formula is C21H26N2O4S. The summed E-state index contributed by atoms with van der Waals surface area (Å²) < 4.78 is 32.2. The van der Waals surface area contributed by atoms with Gasteiger partial charge in [0.2, 0.25) is 15.9 Å². The van der Waals surface area contributed by atoms with Crippen LogP contribution in [0.2, 0.25) is 0 Å². The number of ether oxygens (including phenoxy) is 1. The third kappa shape index (κ3) is 4.36. The Kier molecular flexibility index (Phi) is 6.05. The zero-order chi connectivity index (χ0) is 20.3. The summed E-state index contributed by atoms with van der Waals surface area (Å²) in [5.41, 5.74) is 2.91. The van der Waals surface area contributed by atoms with E-state index in [1.165, 1.54) is 11.4 Å². The smallest absolute Gasteiger partial charge is 0.243 e. The molecule has 7 heteroatoms. The molecule has 1 N–H and O–H groups in total. The molecule has 150 valence electrons. The van der Waals surface area contributed by atoms with Gasteiger partial charge in [-0.1, -0.05) is 12.1 Å². The van der Waals surface area contributed by atoms with Gasteiger partial charge in [0.1, 0.15) is 5.75 Å². The van der Waals surface area contributed by atoms with Gasteiger partial charge >= 0.3 is 0 Å². The monoisotopic (exact) mass is 402 g/mol. The lowest BCUT2D eigenvalue weighted by Gasteiger charge is -2.30. The van der Waals surface area contributed by atoms with Crippen molar-refractivity contribution in [3.8, 4) is 5.75 Å². The van der Waals surface area contributed by atoms with E-state index in [1.54, 1.807) is 24.3 Å². The van der Waals surface area contributed by atoms with Gasteiger partial charge in [0, 0.05) is 24.7 Å². The van der Waals surface area contributed by atoms with Gasteiger partial charge in [-0.25, -0.2) is 8.42 Å². The summed E-state index contributed by atoms with van der Waals surface area (Å²) >= 11 is 0. The molecule has 0 bridgehead atoms. The van der Waals surface area contributed by atoms with Crippen LogP contribution in [-0.2, 0) is 14.8 Å². The number of carbonyl (C=O) groups excluding carboxylic acids is 1. The molecule has 28 heavy (non-hydrogen) atoms. The number of aryl methyl sites for hydroxylation is 2. The Morgan fingerprint density at radius 3 is 2.32 bits per heavy atom. The number of benzene rings is 2. The summed E-state index contributed by atoms with van der Waals surface area (Å²) in [7, 11) is -2.02. The number of carbonyl (C=O) groups is 1. The molecular weight excluding hydrogens is 376 g/mol. The topological polar surface area (TPSA) is 75.7 Å². The highest BCUT2D eigenvalue weighted by atomic mass is 32.2. The SMILES string of the molecule is COc1ccc(S(=O)(=O)N2CCC(C(=O)Nc3cc(C)ccc3C)CC2)cc1. The van der Waals surface area contributed by atoms with Crippen molar-refractivity contribution in [1.82, 2.24) is 4.31 Å². The molecule has 2 aromatic rings. The van der Waals surface area contributed by atoms with Gasteiger partial charge in [0.25, 0.3) is 0 Å². The number of sulfonamides is 1. The Morgan fingerprint density at radius 2 is 1.71 bits per heavy atom. The Balaban J connectivity index is 1.63. The first-order valence-electron chi connectivity index (χ1n) is 9.33. The second-order valence-corrected chi connectivity index (χ2v) is 9.10. The summed E-state index contributed by atoms with van der Waals surface area (Å²) in [5, 5.41) is 3.00. The average molecular weight is 403 g/mol. The molecule has 1 heterocycles. The number of anilines is 1. The standard InChI is InChI=1S/C21H26N2O4S/c1-15-4-5-16(2)20(14-15)22-21(24)17-10-12-23(13-11-17)28(25,26)19-8-6-18(27-3)7-9-19/h4-9,14,17H,10-13H2,1-3H3,(H,22,24). The summed E-state index contributed by atoms with van der Waals surface area (Å²) in [4.78, 5) is 12.9. The average Bonchev–Trinajstić information content (AvgIpc) is 2.71. The van der Waals surface area contributed by atoms with Gasteiger partial charge in [-0.15, -0.1) is 0 Å². The summed E-state index contributed by atoms with van der Waals surface area (Å²) in [6.07, 6.45) is 1.01. The molecule has 1 aliphatic rings. The summed E-state index contributed by atoms with van der Waals surface area (Å²) in [6.45, 7) is 4.61. The molecule has 0 aliphatic carbocycles. The number of nitrogens with one attached hydrogen (secondary N) is 1. The lowest BCUT2D eigenvalue weighted by Crippen LogP contribution is -2.41. The zero-order valence-electron chi connectivity index (χ0n) is 16.4. The molecule has 0 radical (unpaired) electrons. The van der Waals surface area contributed by atoms with E-state index in [9.17, 15) is 13.2 Å². The molecule has 1 aliphatic heterocycles. The van der Waals surface area contributed by atoms with Gasteiger partial charge < -0.3 is 10.1 Å². The van der Waals surface area contributed by atoms with Crippen molar-refractivity contribution < 1.29 is 17.9 Å². The number of nitrogens with zero attached hydrogens (tertiary/aromatic N) is 1. The Morgan fingerprint density at radius 1 is 1.07 bits per heavy atom. The number of rotatable bonds is 5. The third-order valence-corrected chi connectivity index (χ3v) is 7.09. The number of amides is 1. The lowest BCUT2D eigenvalue weighted by molar-refractivity contribution is -0.120. The van der Waals surface area contributed by atoms with Crippen LogP contribution < -0.4 is 10.1 Å². The number of methoxy groups -OCH3 is 1. The van der Waals surface area contributed by atoms with Crippen LogP contribution in [0.4, 0.5) is 5.69 Å². The molecule has 6 nitrogen and oxygen atoms in total. The zero-order valence-corrected chi connectivity index (χ0v) is 17.3. The van der Waals surface area contributed by atoms with Gasteiger partial charge in [0.15, 0.2) is 0 Å². The summed E-state index contributed by atoms with van der Waals surface area (Å²) in [5.74, 6) is 0.373. The third-order valence-electron chi connectivity index (χ3n) is 5.17. The van der Waals surface area contributed by atoms with E-state index in [0.29, 0.717) is 31.7 Å². The van der Waals surface area contributed by atoms with Crippen LogP contribution in [0.3, 0.4) is 0 Å². The number of hydrogen-bond acceptors (Lipinski definition) is 4. The maximum Gasteiger partial charge on any atom is 0.243 e. The predicted octanol–water partition coefficient (Wildman–Crippen LogP) is 3.35. The molecule has 0 atom stereocenters. The molecule has 1 fully saturated rings. The first-order chi connectivity index (χ1) is 13.3. The van der Waals surface area contributed by atoms with Crippen molar-refractivity contribution in [2.45, 2.75) is 31.6 Å². The highest BCUT2D eigenvalue weighted by molar-refractivity contribution is 7.89. The van der Waals surface area contributed by atoms with Crippen molar-refractivity contribution >= 4 is 21.6 Å². The highest BCUT2D eigenvalue weighted by Crippen LogP contribution is 2.26. The minimum Gasteiger partial charge on any atom is -0.497 e. The van der Waals surface area contributed by atoms with Crippen molar-refractivity contribution in [2.75, 3.05) is 25.5 Å². The van der Waals surface area contributed by atoms with E-state index in [2.05, 4.69) is 5.32 Å². The number of hydrogen-bond donors (Lipinski definition) is 1. The molecule has 1 amide bonds. The Labute approximate surface area is 166 Å². The van der Waals surface area contributed by atoms with Crippen LogP contribution in [0, 0.1) is 19.8 Å². The van der Waals surface area contributed by atoms with Crippen LogP contribution in [0.15, 0.2) is 47.4 Å². The van der Waals surface area contributed by atoms with Crippen LogP contribution in [0.1, 0.15) is 24.0 Å². The molecule has 3 rings (SSSR count). The lowest BCUT2D eigenvalue weighted by atomic mass is 9.97. The van der Waals surface area contributed by atoms with Gasteiger partial charge in [-0.2, -0.15) is 4.31 Å². The first-order valence-corrected chi connectivity index (χ1v) is 10.8. The highest BCUT2D eigenvalue weighted by Gasteiger charge is 2.32. The summed E-state index contributed by atoms with van der Waals surface area (Å²) in [6, 6.07) is 12.3. The van der Waals surface area contributed by atoms with Crippen molar-refractivity contribution in [1.29, 1.82) is 0 Å². The number of piperidine rings is 1. The van der Waals surface area contributed by atoms with Gasteiger partial charge in [0.05, 0.1) is 12.0 Å². The second kappa shape index (κ2) is 8.32. The molecule has 0 spiro atoms. The fourth-order valence-electron chi connectivity index (χ4n) is 3.36. The molecule has 0 unspecified atom stereocenters. The first kappa shape index (κ1) is 20.4. The van der Waals surface area contributed by atoms with Crippen LogP contribution >= 0.6 is 0 Å². The van der Waals surface area contributed by atoms with Crippen molar-refractivity contribution in [2.24, 2.45) is 5.92 Å².